The van der Waals surface area contributed by atoms with Gasteiger partial charge in [-0.15, -0.1) is 0 Å². The number of rotatable bonds is 0. The minimum Gasteiger partial charge on any atom is -0.280 e. The Bertz CT molecular complexity index is 130. The predicted octanol–water partition coefficient (Wildman–Crippen LogP) is 0.534. The Kier molecular flexibility index (Phi) is 1.70. The second-order valence-corrected chi connectivity index (χ2v) is 2.35. The van der Waals surface area contributed by atoms with E-state index < -0.39 is 0 Å². The van der Waals surface area contributed by atoms with Crippen molar-refractivity contribution >= 4 is 0 Å². The zero-order valence-electron chi connectivity index (χ0n) is 5.66. The summed E-state index contributed by atoms with van der Waals surface area (Å²) in [6.45, 7) is 2.04. The van der Waals surface area contributed by atoms with Gasteiger partial charge in [0.05, 0.1) is 6.07 Å². The molecule has 1 fully saturated rings. The molecule has 0 aromatic heterocycles. The van der Waals surface area contributed by atoms with Crippen LogP contribution in [0, 0.1) is 11.3 Å². The summed E-state index contributed by atoms with van der Waals surface area (Å²) in [5.41, 5.74) is 0. The Morgan fingerprint density at radius 2 is 2.44 bits per heavy atom. The molecule has 1 aliphatic rings. The van der Waals surface area contributed by atoms with Crippen LogP contribution in [0.15, 0.2) is 0 Å². The number of hydrogen-bond donors (Lipinski definition) is 0. The van der Waals surface area contributed by atoms with Crippen molar-refractivity contribution in [1.82, 2.24) is 5.06 Å². The van der Waals surface area contributed by atoms with E-state index in [1.807, 2.05) is 14.0 Å². The highest BCUT2D eigenvalue weighted by atomic mass is 16.7. The molecule has 1 aliphatic heterocycles. The van der Waals surface area contributed by atoms with Crippen LogP contribution in [0.4, 0.5) is 0 Å². The molecule has 0 aromatic rings. The summed E-state index contributed by atoms with van der Waals surface area (Å²) in [4.78, 5) is 5.09. The van der Waals surface area contributed by atoms with E-state index in [-0.39, 0.29) is 6.10 Å². The Balaban J connectivity index is 2.46. The molecule has 2 unspecified atom stereocenters. The van der Waals surface area contributed by atoms with Gasteiger partial charge < -0.3 is 0 Å². The quantitative estimate of drug-likeness (QED) is 0.475. The molecule has 0 spiro atoms. The van der Waals surface area contributed by atoms with Gasteiger partial charge in [0, 0.05) is 19.5 Å². The van der Waals surface area contributed by atoms with Crippen molar-refractivity contribution in [3.8, 4) is 6.07 Å². The molecule has 0 saturated carbocycles. The fourth-order valence-electron chi connectivity index (χ4n) is 0.882. The zero-order valence-corrected chi connectivity index (χ0v) is 5.66. The summed E-state index contributed by atoms with van der Waals surface area (Å²) in [5.74, 6) is 0. The lowest BCUT2D eigenvalue weighted by molar-refractivity contribution is -0.125. The van der Waals surface area contributed by atoms with Crippen molar-refractivity contribution in [2.24, 2.45) is 0 Å². The van der Waals surface area contributed by atoms with Crippen LogP contribution in [-0.4, -0.2) is 24.3 Å². The van der Waals surface area contributed by atoms with Crippen LogP contribution in [0.3, 0.4) is 0 Å². The second kappa shape index (κ2) is 2.34. The highest BCUT2D eigenvalue weighted by Gasteiger charge is 2.26. The number of hydrogen-bond acceptors (Lipinski definition) is 3. The Labute approximate surface area is 54.8 Å². The van der Waals surface area contributed by atoms with E-state index in [2.05, 4.69) is 6.07 Å². The first-order valence-electron chi connectivity index (χ1n) is 3.03. The third-order valence-corrected chi connectivity index (χ3v) is 1.61. The van der Waals surface area contributed by atoms with Crippen LogP contribution in [-0.2, 0) is 4.84 Å². The van der Waals surface area contributed by atoms with Crippen molar-refractivity contribution in [3.05, 3.63) is 0 Å². The van der Waals surface area contributed by atoms with Gasteiger partial charge in [0.1, 0.15) is 0 Å². The summed E-state index contributed by atoms with van der Waals surface area (Å²) in [7, 11) is 1.85. The Hall–Kier alpha value is -0.590. The zero-order chi connectivity index (χ0) is 6.85. The van der Waals surface area contributed by atoms with Gasteiger partial charge >= 0.3 is 0 Å². The maximum Gasteiger partial charge on any atom is 0.167 e. The fraction of sp³-hybridized carbons (Fsp3) is 0.833. The third-order valence-electron chi connectivity index (χ3n) is 1.61. The normalized spacial score (nSPS) is 36.6. The molecule has 3 heteroatoms. The third kappa shape index (κ3) is 1.21. The largest absolute Gasteiger partial charge is 0.280 e. The van der Waals surface area contributed by atoms with Crippen LogP contribution in [0.2, 0.25) is 0 Å². The maximum absolute atomic E-state index is 8.40. The molecule has 3 nitrogen and oxygen atoms in total. The van der Waals surface area contributed by atoms with E-state index in [1.54, 1.807) is 5.06 Å². The molecule has 1 heterocycles. The smallest absolute Gasteiger partial charge is 0.167 e. The molecule has 9 heavy (non-hydrogen) atoms. The van der Waals surface area contributed by atoms with E-state index in [1.165, 1.54) is 0 Å². The van der Waals surface area contributed by atoms with Gasteiger partial charge in [-0.1, -0.05) is 0 Å². The molecule has 0 aliphatic carbocycles. The topological polar surface area (TPSA) is 36.3 Å². The summed E-state index contributed by atoms with van der Waals surface area (Å²) < 4.78 is 0. The molecular weight excluding hydrogens is 116 g/mol. The maximum atomic E-state index is 8.40. The van der Waals surface area contributed by atoms with E-state index in [4.69, 9.17) is 10.1 Å². The van der Waals surface area contributed by atoms with Gasteiger partial charge in [-0.05, 0) is 6.92 Å². The minimum absolute atomic E-state index is 0.218. The molecule has 2 atom stereocenters. The summed E-state index contributed by atoms with van der Waals surface area (Å²) in [5, 5.41) is 10.1. The first-order chi connectivity index (χ1) is 4.24. The van der Waals surface area contributed by atoms with E-state index >= 15 is 0 Å². The molecule has 1 rings (SSSR count). The monoisotopic (exact) mass is 126 g/mol. The molecule has 0 radical (unpaired) electrons. The van der Waals surface area contributed by atoms with Crippen LogP contribution in [0.25, 0.3) is 0 Å². The SMILES string of the molecule is CC1CC(C#N)ON1C. The van der Waals surface area contributed by atoms with E-state index in [0.717, 1.165) is 6.42 Å². The number of hydroxylamine groups is 2. The first kappa shape index (κ1) is 6.53. The summed E-state index contributed by atoms with van der Waals surface area (Å²) >= 11 is 0. The number of nitrogens with zero attached hydrogens (tertiary/aromatic N) is 2. The van der Waals surface area contributed by atoms with Crippen LogP contribution >= 0.6 is 0 Å². The Morgan fingerprint density at radius 1 is 1.78 bits per heavy atom. The van der Waals surface area contributed by atoms with Crippen molar-refractivity contribution in [3.63, 3.8) is 0 Å². The van der Waals surface area contributed by atoms with Gasteiger partial charge in [-0.2, -0.15) is 10.3 Å². The van der Waals surface area contributed by atoms with Crippen LogP contribution in [0.1, 0.15) is 13.3 Å². The lowest BCUT2D eigenvalue weighted by Gasteiger charge is -2.10. The second-order valence-electron chi connectivity index (χ2n) is 2.35. The van der Waals surface area contributed by atoms with Crippen molar-refractivity contribution in [2.75, 3.05) is 7.05 Å². The van der Waals surface area contributed by atoms with Crippen molar-refractivity contribution in [1.29, 1.82) is 5.26 Å². The van der Waals surface area contributed by atoms with Crippen molar-refractivity contribution in [2.45, 2.75) is 25.5 Å². The van der Waals surface area contributed by atoms with Gasteiger partial charge in [-0.3, -0.25) is 4.84 Å². The average molecular weight is 126 g/mol. The molecule has 0 bridgehead atoms. The standard InChI is InChI=1S/C6H10N2O/c1-5-3-6(4-7)9-8(5)2/h5-6H,3H2,1-2H3. The average Bonchev–Trinajstić information content (AvgIpc) is 2.13. The Morgan fingerprint density at radius 3 is 2.67 bits per heavy atom. The molecule has 50 valence electrons. The van der Waals surface area contributed by atoms with Crippen LogP contribution in [0.5, 0.6) is 0 Å². The lowest BCUT2D eigenvalue weighted by Crippen LogP contribution is -2.19. The van der Waals surface area contributed by atoms with E-state index in [9.17, 15) is 0 Å². The lowest BCUT2D eigenvalue weighted by atomic mass is 10.2. The van der Waals surface area contributed by atoms with Gasteiger partial charge in [0.2, 0.25) is 0 Å². The molecule has 1 saturated heterocycles. The number of nitriles is 1. The van der Waals surface area contributed by atoms with Crippen LogP contribution < -0.4 is 0 Å². The molecule has 0 N–H and O–H groups in total. The molecule has 0 aromatic carbocycles. The van der Waals surface area contributed by atoms with Gasteiger partial charge in [-0.25, -0.2) is 0 Å². The highest BCUT2D eigenvalue weighted by Crippen LogP contribution is 2.17. The fourth-order valence-corrected chi connectivity index (χ4v) is 0.882. The van der Waals surface area contributed by atoms with Crippen molar-refractivity contribution < 1.29 is 4.84 Å². The first-order valence-corrected chi connectivity index (χ1v) is 3.03. The van der Waals surface area contributed by atoms with Gasteiger partial charge in [0.15, 0.2) is 6.10 Å². The predicted molar refractivity (Wildman–Crippen MR) is 32.3 cm³/mol. The van der Waals surface area contributed by atoms with Gasteiger partial charge in [0.25, 0.3) is 0 Å². The summed E-state index contributed by atoms with van der Waals surface area (Å²) in [6.07, 6.45) is 0.609. The minimum atomic E-state index is -0.218. The molecular formula is C6H10N2O. The summed E-state index contributed by atoms with van der Waals surface area (Å²) in [6, 6.07) is 2.44. The van der Waals surface area contributed by atoms with E-state index in [0.29, 0.717) is 6.04 Å². The molecule has 0 amide bonds. The highest BCUT2D eigenvalue weighted by molar-refractivity contribution is 4.89.